The number of nitrogens with zero attached hydrogens (tertiary/aromatic N) is 10. The predicted octanol–water partition coefficient (Wildman–Crippen LogP) is 1.63. The largest absolute Gasteiger partial charge is 0.347 e. The van der Waals surface area contributed by atoms with Crippen LogP contribution in [0.1, 0.15) is 0 Å². The molecule has 0 amide bonds. The van der Waals surface area contributed by atoms with E-state index in [1.54, 1.807) is 0 Å². The van der Waals surface area contributed by atoms with Crippen LogP contribution in [-0.4, -0.2) is 70.3 Å². The van der Waals surface area contributed by atoms with Gasteiger partial charge in [-0.05, 0) is 10.4 Å². The molecule has 0 spiro atoms. The van der Waals surface area contributed by atoms with Gasteiger partial charge in [0.1, 0.15) is 0 Å². The molecular weight excluding hydrogens is 396 g/mol. The second kappa shape index (κ2) is 7.67. The van der Waals surface area contributed by atoms with Crippen molar-refractivity contribution in [2.45, 2.75) is 0 Å². The molecule has 3 heterocycles. The Bertz CT molecular complexity index is 1180. The number of tetrazole rings is 2. The fourth-order valence-electron chi connectivity index (χ4n) is 2.93. The zero-order chi connectivity index (χ0) is 21.2. The summed E-state index contributed by atoms with van der Waals surface area (Å²) in [6.07, 6.45) is 0. The van der Waals surface area contributed by atoms with Crippen molar-refractivity contribution in [1.29, 1.82) is 0 Å². The van der Waals surface area contributed by atoms with E-state index in [0.717, 1.165) is 22.3 Å². The van der Waals surface area contributed by atoms with Gasteiger partial charge in [-0.2, -0.15) is 20.4 Å². The van der Waals surface area contributed by atoms with Crippen LogP contribution >= 0.6 is 0 Å². The lowest BCUT2D eigenvalue weighted by Crippen LogP contribution is -2.14. The quantitative estimate of drug-likeness (QED) is 0.436. The van der Waals surface area contributed by atoms with Crippen molar-refractivity contribution in [3.05, 3.63) is 48.5 Å². The smallest absolute Gasteiger partial charge is 0.228 e. The van der Waals surface area contributed by atoms with Crippen LogP contribution in [0.2, 0.25) is 0 Å². The fraction of sp³-hybridized carbons (Fsp3) is 0.105. The van der Waals surface area contributed by atoms with Gasteiger partial charge in [0.05, 0.1) is 0 Å². The summed E-state index contributed by atoms with van der Waals surface area (Å²) in [6, 6.07) is 15.3. The molecule has 2 aromatic carbocycles. The SMILES string of the molecule is CN(C)c1nc(-c2ccc(-c3nn[nH]n3)cc2)nc(-c2ccc(-c3nn[nH]n3)cc2)n1. The Labute approximate surface area is 175 Å². The fourth-order valence-corrected chi connectivity index (χ4v) is 2.93. The molecule has 2 N–H and O–H groups in total. The standard InChI is InChI=1S/C19H16N12/c1-31(2)19-21-15(11-3-7-13(8-4-11)17-23-27-28-24-17)20-16(22-19)12-5-9-14(10-6-12)18-25-29-30-26-18/h3-10H,1-2H3,(H,23,24,27,28)(H,25,26,29,30). The molecule has 152 valence electrons. The van der Waals surface area contributed by atoms with Crippen LogP contribution in [0, 0.1) is 0 Å². The molecule has 0 saturated heterocycles. The number of rotatable bonds is 5. The van der Waals surface area contributed by atoms with E-state index in [1.165, 1.54) is 0 Å². The monoisotopic (exact) mass is 412 g/mol. The summed E-state index contributed by atoms with van der Waals surface area (Å²) in [5, 5.41) is 28.1. The minimum absolute atomic E-state index is 0.526. The lowest BCUT2D eigenvalue weighted by molar-refractivity contribution is 0.881. The van der Waals surface area contributed by atoms with E-state index in [4.69, 9.17) is 4.98 Å². The Morgan fingerprint density at radius 1 is 0.548 bits per heavy atom. The Hall–Kier alpha value is -4.61. The van der Waals surface area contributed by atoms with Gasteiger partial charge in [0.15, 0.2) is 11.6 Å². The third-order valence-corrected chi connectivity index (χ3v) is 4.52. The van der Waals surface area contributed by atoms with Gasteiger partial charge in [-0.1, -0.05) is 48.5 Å². The number of aromatic amines is 2. The Balaban J connectivity index is 1.52. The first-order valence-corrected chi connectivity index (χ1v) is 9.29. The number of nitrogens with one attached hydrogen (secondary N) is 2. The van der Waals surface area contributed by atoms with E-state index in [-0.39, 0.29) is 0 Å². The Morgan fingerprint density at radius 3 is 1.26 bits per heavy atom. The van der Waals surface area contributed by atoms with Gasteiger partial charge in [-0.25, -0.2) is 4.98 Å². The van der Waals surface area contributed by atoms with Crippen molar-refractivity contribution in [1.82, 2.24) is 56.2 Å². The summed E-state index contributed by atoms with van der Waals surface area (Å²) in [7, 11) is 3.78. The van der Waals surface area contributed by atoms with Crippen molar-refractivity contribution in [3.8, 4) is 45.6 Å². The molecule has 0 unspecified atom stereocenters. The number of benzene rings is 2. The number of aromatic nitrogens is 11. The predicted molar refractivity (Wildman–Crippen MR) is 111 cm³/mol. The molecule has 0 fully saturated rings. The average Bonchev–Trinajstić information content (AvgIpc) is 3.54. The molecule has 12 heteroatoms. The second-order valence-corrected chi connectivity index (χ2v) is 6.80. The minimum atomic E-state index is 0.526. The van der Waals surface area contributed by atoms with Crippen LogP contribution in [0.15, 0.2) is 48.5 Å². The molecule has 5 aromatic rings. The third kappa shape index (κ3) is 3.69. The van der Waals surface area contributed by atoms with E-state index in [1.807, 2.05) is 67.5 Å². The number of anilines is 1. The highest BCUT2D eigenvalue weighted by Gasteiger charge is 2.13. The van der Waals surface area contributed by atoms with Gasteiger partial charge in [-0.3, -0.25) is 0 Å². The summed E-state index contributed by atoms with van der Waals surface area (Å²) >= 11 is 0. The van der Waals surface area contributed by atoms with Gasteiger partial charge < -0.3 is 4.90 Å². The third-order valence-electron chi connectivity index (χ3n) is 4.52. The van der Waals surface area contributed by atoms with Gasteiger partial charge in [0.2, 0.25) is 17.6 Å². The summed E-state index contributed by atoms with van der Waals surface area (Å²) in [4.78, 5) is 15.7. The molecule has 0 aliphatic heterocycles. The zero-order valence-corrected chi connectivity index (χ0v) is 16.6. The van der Waals surface area contributed by atoms with Crippen LogP contribution < -0.4 is 4.90 Å². The highest BCUT2D eigenvalue weighted by Crippen LogP contribution is 2.25. The highest BCUT2D eigenvalue weighted by atomic mass is 15.5. The molecule has 0 aliphatic carbocycles. The van der Waals surface area contributed by atoms with Gasteiger partial charge in [0.25, 0.3) is 0 Å². The second-order valence-electron chi connectivity index (χ2n) is 6.80. The normalized spacial score (nSPS) is 10.9. The van der Waals surface area contributed by atoms with Crippen molar-refractivity contribution < 1.29 is 0 Å². The maximum absolute atomic E-state index is 4.69. The van der Waals surface area contributed by atoms with Crippen molar-refractivity contribution in [3.63, 3.8) is 0 Å². The maximum Gasteiger partial charge on any atom is 0.228 e. The van der Waals surface area contributed by atoms with Crippen molar-refractivity contribution >= 4 is 5.95 Å². The van der Waals surface area contributed by atoms with Crippen molar-refractivity contribution in [2.24, 2.45) is 0 Å². The number of hydrogen-bond donors (Lipinski definition) is 2. The van der Waals surface area contributed by atoms with E-state index in [0.29, 0.717) is 29.2 Å². The molecule has 3 aromatic heterocycles. The Morgan fingerprint density at radius 2 is 0.935 bits per heavy atom. The maximum atomic E-state index is 4.69. The van der Waals surface area contributed by atoms with E-state index in [9.17, 15) is 0 Å². The minimum Gasteiger partial charge on any atom is -0.347 e. The molecule has 5 rings (SSSR count). The summed E-state index contributed by atoms with van der Waals surface area (Å²) in [5.41, 5.74) is 3.39. The number of H-pyrrole nitrogens is 2. The van der Waals surface area contributed by atoms with E-state index >= 15 is 0 Å². The topological polar surface area (TPSA) is 151 Å². The van der Waals surface area contributed by atoms with Crippen LogP contribution in [0.4, 0.5) is 5.95 Å². The van der Waals surface area contributed by atoms with E-state index in [2.05, 4.69) is 51.2 Å². The molecular formula is C19H16N12. The Kier molecular flexibility index (Phi) is 4.55. The first kappa shape index (κ1) is 18.4. The molecule has 0 saturated carbocycles. The highest BCUT2D eigenvalue weighted by molar-refractivity contribution is 5.67. The van der Waals surface area contributed by atoms with Crippen LogP contribution in [0.5, 0.6) is 0 Å². The molecule has 31 heavy (non-hydrogen) atoms. The lowest BCUT2D eigenvalue weighted by atomic mass is 10.1. The summed E-state index contributed by atoms with van der Waals surface area (Å²) in [5.74, 6) is 2.74. The van der Waals surface area contributed by atoms with Gasteiger partial charge >= 0.3 is 0 Å². The molecule has 0 bridgehead atoms. The van der Waals surface area contributed by atoms with Crippen LogP contribution in [0.3, 0.4) is 0 Å². The van der Waals surface area contributed by atoms with Gasteiger partial charge in [0, 0.05) is 36.3 Å². The van der Waals surface area contributed by atoms with Crippen molar-refractivity contribution in [2.75, 3.05) is 19.0 Å². The lowest BCUT2D eigenvalue weighted by Gasteiger charge is -2.13. The summed E-state index contributed by atoms with van der Waals surface area (Å²) < 4.78 is 0. The van der Waals surface area contributed by atoms with Crippen LogP contribution in [0.25, 0.3) is 45.6 Å². The molecule has 12 nitrogen and oxygen atoms in total. The number of hydrogen-bond acceptors (Lipinski definition) is 10. The molecule has 0 aliphatic rings. The van der Waals surface area contributed by atoms with E-state index < -0.39 is 0 Å². The first-order valence-electron chi connectivity index (χ1n) is 9.29. The molecule has 0 atom stereocenters. The van der Waals surface area contributed by atoms with Crippen LogP contribution in [-0.2, 0) is 0 Å². The molecule has 0 radical (unpaired) electrons. The summed E-state index contributed by atoms with van der Waals surface area (Å²) in [6.45, 7) is 0. The van der Waals surface area contributed by atoms with Gasteiger partial charge in [-0.15, -0.1) is 20.4 Å². The zero-order valence-electron chi connectivity index (χ0n) is 16.6. The first-order chi connectivity index (χ1) is 15.2. The average molecular weight is 412 g/mol.